The zero-order chi connectivity index (χ0) is 79.3. The summed E-state index contributed by atoms with van der Waals surface area (Å²) in [4.78, 5) is 183. The average molecular weight is 1540 g/mol. The van der Waals surface area contributed by atoms with Gasteiger partial charge < -0.3 is 101 Å². The highest BCUT2D eigenvalue weighted by Gasteiger charge is 2.39. The van der Waals surface area contributed by atoms with Crippen molar-refractivity contribution >= 4 is 107 Å². The van der Waals surface area contributed by atoms with Crippen molar-refractivity contribution < 1.29 is 78.0 Å². The number of H-pyrrole nitrogens is 2. The number of hydrogen-bond acceptors (Lipinski definition) is 22. The standard InChI is InChI=1S/C73H94N18O16S2/c1-40(93)60(70(103)86-55(28-44-20-10-5-11-21-44)68(101)90-61(41(2)94)71(104)87-58(35-92)69(102)88-59(37-109)73(106)107)89-63(96)52(24-14-15-25-74)81-66(99)56(29-45-32-78-51-23-13-12-22-48(45)51)85-65(98)54(27-43-18-8-4-9-19-43)83-64(97)53(26-42-16-6-3-7-17-42)84-67(100)57(31-46-33-77-38-79-46)82-62(95)49(75)30-47-34-91(39-80-47)72(105)50(76)36-108/h3-13,16-23,32-34,38-41,49-50,52-61,78,92-94,108-109H,14-15,24-31,35-37,74-76H2,1-2H3,(H,77,79)(H,81,99)(H,82,95)(H,83,97)(H,84,100)(H,85,98)(H,86,103)(H,87,104)(H,88,102)(H,89,96)(H,90,101)(H,106,107)/t40-,41-,49+,50+,52+,53+,54+,55+,56-,57+,58-,59+,60+,61+/m1/s1. The maximum atomic E-state index is 15.3. The van der Waals surface area contributed by atoms with Crippen LogP contribution in [0, 0.1) is 0 Å². The highest BCUT2D eigenvalue weighted by Crippen LogP contribution is 2.21. The van der Waals surface area contributed by atoms with Crippen molar-refractivity contribution in [3.8, 4) is 0 Å². The summed E-state index contributed by atoms with van der Waals surface area (Å²) in [5.74, 6) is -12.2. The van der Waals surface area contributed by atoms with E-state index in [1.165, 1.54) is 25.0 Å². The van der Waals surface area contributed by atoms with Crippen LogP contribution in [0.5, 0.6) is 0 Å². The topological polar surface area (TPSA) is 546 Å². The third kappa shape index (κ3) is 25.9. The molecule has 14 atom stereocenters. The van der Waals surface area contributed by atoms with Gasteiger partial charge in [0.25, 0.3) is 0 Å². The molecule has 34 nitrogen and oxygen atoms in total. The third-order valence-electron chi connectivity index (χ3n) is 17.6. The van der Waals surface area contributed by atoms with Gasteiger partial charge in [-0.15, -0.1) is 0 Å². The number of carbonyl (C=O) groups is 12. The van der Waals surface area contributed by atoms with Crippen LogP contribution in [0.25, 0.3) is 10.9 Å². The predicted octanol–water partition coefficient (Wildman–Crippen LogP) is -3.19. The number of nitrogens with zero attached hydrogens (tertiary/aromatic N) is 3. The largest absolute Gasteiger partial charge is 0.480 e. The molecule has 109 heavy (non-hydrogen) atoms. The Morgan fingerprint density at radius 2 is 0.917 bits per heavy atom. The van der Waals surface area contributed by atoms with E-state index in [0.717, 1.165) is 18.4 Å². The minimum atomic E-state index is -1.88. The van der Waals surface area contributed by atoms with Gasteiger partial charge in [-0.2, -0.15) is 25.3 Å². The van der Waals surface area contributed by atoms with Gasteiger partial charge in [0.05, 0.1) is 42.9 Å². The van der Waals surface area contributed by atoms with Crippen molar-refractivity contribution in [2.45, 2.75) is 156 Å². The second-order valence-electron chi connectivity index (χ2n) is 26.1. The number of thiol groups is 2. The summed E-state index contributed by atoms with van der Waals surface area (Å²) in [6, 6.07) is 14.0. The molecule has 0 radical (unpaired) electrons. The first-order valence-corrected chi connectivity index (χ1v) is 36.3. The van der Waals surface area contributed by atoms with Gasteiger partial charge in [0.2, 0.25) is 65.0 Å². The maximum Gasteiger partial charge on any atom is 0.327 e. The monoisotopic (exact) mass is 1540 g/mol. The first-order chi connectivity index (χ1) is 52.2. The maximum absolute atomic E-state index is 15.3. The van der Waals surface area contributed by atoms with Crippen molar-refractivity contribution in [3.05, 3.63) is 180 Å². The normalized spacial score (nSPS) is 15.1. The number of aromatic amines is 2. The molecule has 0 fully saturated rings. The Morgan fingerprint density at radius 1 is 0.486 bits per heavy atom. The molecular weight excluding hydrogens is 1450 g/mol. The molecule has 0 bridgehead atoms. The van der Waals surface area contributed by atoms with Crippen molar-refractivity contribution in [1.29, 1.82) is 0 Å². The molecule has 3 aromatic heterocycles. The van der Waals surface area contributed by atoms with Gasteiger partial charge in [0.15, 0.2) is 0 Å². The number of nitrogens with two attached hydrogens (primary N) is 3. The Balaban J connectivity index is 1.15. The zero-order valence-corrected chi connectivity index (χ0v) is 61.6. The number of imidazole rings is 2. The summed E-state index contributed by atoms with van der Waals surface area (Å²) in [6.07, 6.45) is 2.82. The van der Waals surface area contributed by atoms with E-state index in [2.05, 4.69) is 98.4 Å². The van der Waals surface area contributed by atoms with Crippen LogP contribution in [-0.2, 0) is 91.3 Å². The Hall–Kier alpha value is -10.9. The van der Waals surface area contributed by atoms with Crippen LogP contribution in [0.1, 0.15) is 71.5 Å². The number of aliphatic carboxylic acids is 1. The second kappa shape index (κ2) is 42.6. The van der Waals surface area contributed by atoms with E-state index in [0.29, 0.717) is 45.3 Å². The highest BCUT2D eigenvalue weighted by atomic mass is 32.1. The fourth-order valence-electron chi connectivity index (χ4n) is 11.5. The average Bonchev–Trinajstić information content (AvgIpc) is 0.985. The smallest absolute Gasteiger partial charge is 0.327 e. The summed E-state index contributed by atoms with van der Waals surface area (Å²) >= 11 is 7.99. The molecule has 0 aliphatic rings. The molecule has 0 unspecified atom stereocenters. The third-order valence-corrected chi connectivity index (χ3v) is 18.3. The Morgan fingerprint density at radius 3 is 1.39 bits per heavy atom. The molecule has 3 heterocycles. The fourth-order valence-corrected chi connectivity index (χ4v) is 11.9. The second-order valence-corrected chi connectivity index (χ2v) is 26.8. The number of fused-ring (bicyclic) bond motifs is 1. The van der Waals surface area contributed by atoms with E-state index >= 15 is 14.4 Å². The van der Waals surface area contributed by atoms with Gasteiger partial charge in [0, 0.05) is 85.2 Å². The molecule has 0 aliphatic heterocycles. The lowest BCUT2D eigenvalue weighted by Crippen LogP contribution is -2.63. The first-order valence-electron chi connectivity index (χ1n) is 35.1. The van der Waals surface area contributed by atoms with Crippen molar-refractivity contribution in [1.82, 2.24) is 77.7 Å². The number of aromatic nitrogens is 5. The number of aliphatic hydroxyl groups excluding tert-OH is 3. The molecule has 7 rings (SSSR count). The minimum absolute atomic E-state index is 0.0618. The van der Waals surface area contributed by atoms with E-state index in [1.807, 2.05) is 0 Å². The summed E-state index contributed by atoms with van der Waals surface area (Å²) in [7, 11) is 0. The number of nitrogens with one attached hydrogen (secondary N) is 12. The number of hydrogen-bond donors (Lipinski definition) is 21. The lowest BCUT2D eigenvalue weighted by molar-refractivity contribution is -0.142. The van der Waals surface area contributed by atoms with Crippen molar-refractivity contribution in [2.75, 3.05) is 24.7 Å². The fraction of sp³-hybridized carbons (Fsp3) is 0.397. The van der Waals surface area contributed by atoms with Crippen LogP contribution in [0.15, 0.2) is 147 Å². The van der Waals surface area contributed by atoms with E-state index in [1.54, 1.807) is 121 Å². The van der Waals surface area contributed by atoms with Crippen molar-refractivity contribution in [3.63, 3.8) is 0 Å². The highest BCUT2D eigenvalue weighted by molar-refractivity contribution is 7.80. The number of para-hydroxylation sites is 1. The van der Waals surface area contributed by atoms with Gasteiger partial charge >= 0.3 is 5.97 Å². The molecule has 0 spiro atoms. The van der Waals surface area contributed by atoms with E-state index in [4.69, 9.17) is 17.2 Å². The summed E-state index contributed by atoms with van der Waals surface area (Å²) in [5.41, 5.74) is 21.6. The van der Waals surface area contributed by atoms with Crippen LogP contribution in [0.3, 0.4) is 0 Å². The number of unbranched alkanes of at least 4 members (excludes halogenated alkanes) is 1. The Kier molecular flexibility index (Phi) is 33.4. The number of carboxylic acids is 1. The number of carbonyl (C=O) groups excluding carboxylic acids is 11. The number of benzene rings is 4. The van der Waals surface area contributed by atoms with Crippen LogP contribution in [0.4, 0.5) is 0 Å². The van der Waals surface area contributed by atoms with Crippen LogP contribution in [-0.4, -0.2) is 225 Å². The zero-order valence-electron chi connectivity index (χ0n) is 59.8. The van der Waals surface area contributed by atoms with E-state index in [9.17, 15) is 63.6 Å². The number of amides is 10. The SMILES string of the molecule is C[C@@H](O)[C@H](NC(=O)[C@H](CCCCN)NC(=O)[C@@H](Cc1c[nH]c2ccccc12)NC(=O)[C@H](Cc1ccccc1)NC(=O)[C@H](Cc1ccccc1)NC(=O)[C@H](Cc1cnc[nH]1)NC(=O)[C@@H](N)Cc1cn(C(=O)[C@@H](N)CS)cn1)C(=O)N[C@@H](Cc1ccccc1)C(=O)N[C@H](C(=O)N[C@H](CO)C(=O)N[C@@H](CS)C(=O)O)[C@@H](C)O. The lowest BCUT2D eigenvalue weighted by atomic mass is 10.00. The van der Waals surface area contributed by atoms with Crippen LogP contribution in [0.2, 0.25) is 0 Å². The minimum Gasteiger partial charge on any atom is -0.480 e. The molecule has 7 aromatic rings. The first kappa shape index (κ1) is 85.4. The van der Waals surface area contributed by atoms with Gasteiger partial charge in [0.1, 0.15) is 66.7 Å². The molecule has 36 heteroatoms. The molecule has 0 aliphatic carbocycles. The summed E-state index contributed by atoms with van der Waals surface area (Å²) < 4.78 is 1.16. The molecule has 22 N–H and O–H groups in total. The van der Waals surface area contributed by atoms with E-state index in [-0.39, 0.29) is 75.1 Å². The summed E-state index contributed by atoms with van der Waals surface area (Å²) in [6.45, 7) is 1.39. The predicted molar refractivity (Wildman–Crippen MR) is 405 cm³/mol. The number of carboxylic acid groups (broad SMARTS) is 1. The quantitative estimate of drug-likeness (QED) is 0.0132. The van der Waals surface area contributed by atoms with Gasteiger partial charge in [-0.1, -0.05) is 109 Å². The van der Waals surface area contributed by atoms with Crippen molar-refractivity contribution in [2.24, 2.45) is 17.2 Å². The van der Waals surface area contributed by atoms with Crippen LogP contribution < -0.4 is 70.4 Å². The molecule has 584 valence electrons. The molecule has 0 saturated heterocycles. The number of aliphatic hydroxyl groups is 3. The molecule has 4 aromatic carbocycles. The Labute approximate surface area is 638 Å². The Bertz CT molecular complexity index is 4190. The van der Waals surface area contributed by atoms with E-state index < -0.39 is 162 Å². The summed E-state index contributed by atoms with van der Waals surface area (Å²) in [5, 5.41) is 67.7. The molecule has 0 saturated carbocycles. The number of rotatable bonds is 43. The molecular formula is C73H94N18O16S2. The van der Waals surface area contributed by atoms with Crippen LogP contribution >= 0.6 is 25.3 Å². The lowest BCUT2D eigenvalue weighted by Gasteiger charge is -2.29. The van der Waals surface area contributed by atoms with Gasteiger partial charge in [-0.05, 0) is 68.0 Å². The van der Waals surface area contributed by atoms with Gasteiger partial charge in [-0.3, -0.25) is 57.3 Å². The van der Waals surface area contributed by atoms with Gasteiger partial charge in [-0.25, -0.2) is 14.8 Å². The molecule has 10 amide bonds.